The normalized spacial score (nSPS) is 10.4. The number of carbonyl (C=O) groups excluding carboxylic acids is 1. The van der Waals surface area contributed by atoms with E-state index in [1.807, 2.05) is 6.92 Å². The average molecular weight is 248 g/mol. The molecule has 0 saturated carbocycles. The van der Waals surface area contributed by atoms with Crippen LogP contribution in [0.4, 0.5) is 13.2 Å². The number of unbranched alkanes of at least 4 members (excludes halogenated alkanes) is 1. The molecule has 0 aromatic heterocycles. The molecular weight excluding hydrogens is 237 g/mol. The molecule has 0 amide bonds. The highest BCUT2D eigenvalue weighted by Gasteiger charge is 2.24. The second-order valence-electron chi connectivity index (χ2n) is 3.37. The zero-order valence-electron chi connectivity index (χ0n) is 9.10. The molecule has 0 aliphatic rings. The summed E-state index contributed by atoms with van der Waals surface area (Å²) in [5, 5.41) is 9.18. The zero-order valence-corrected chi connectivity index (χ0v) is 9.10. The number of aromatic hydroxyl groups is 1. The molecule has 0 bridgehead atoms. The Hall–Kier alpha value is -1.72. The fourth-order valence-electron chi connectivity index (χ4n) is 1.16. The number of hydrogen-bond donors (Lipinski definition) is 1. The van der Waals surface area contributed by atoms with Gasteiger partial charge in [0.2, 0.25) is 0 Å². The highest BCUT2D eigenvalue weighted by Crippen LogP contribution is 2.25. The third-order valence-corrected chi connectivity index (χ3v) is 2.08. The first-order valence-electron chi connectivity index (χ1n) is 5.02. The first kappa shape index (κ1) is 13.3. The van der Waals surface area contributed by atoms with Gasteiger partial charge in [0.25, 0.3) is 0 Å². The summed E-state index contributed by atoms with van der Waals surface area (Å²) in [6.07, 6.45) is 1.30. The van der Waals surface area contributed by atoms with Gasteiger partial charge in [-0.2, -0.15) is 0 Å². The molecule has 1 aromatic rings. The largest absolute Gasteiger partial charge is 0.507 e. The Bertz CT molecular complexity index is 432. The van der Waals surface area contributed by atoms with Gasteiger partial charge >= 0.3 is 5.97 Å². The lowest BCUT2D eigenvalue weighted by molar-refractivity contribution is 0.0489. The fourth-order valence-corrected chi connectivity index (χ4v) is 1.16. The maximum Gasteiger partial charge on any atom is 0.345 e. The Balaban J connectivity index is 2.97. The monoisotopic (exact) mass is 248 g/mol. The lowest BCUT2D eigenvalue weighted by Gasteiger charge is -2.07. The highest BCUT2D eigenvalue weighted by molar-refractivity contribution is 5.92. The lowest BCUT2D eigenvalue weighted by Crippen LogP contribution is -2.11. The topological polar surface area (TPSA) is 46.5 Å². The van der Waals surface area contributed by atoms with Gasteiger partial charge in [0.15, 0.2) is 17.5 Å². The molecule has 0 unspecified atom stereocenters. The predicted molar refractivity (Wildman–Crippen MR) is 53.2 cm³/mol. The lowest BCUT2D eigenvalue weighted by atomic mass is 10.1. The van der Waals surface area contributed by atoms with E-state index in [-0.39, 0.29) is 6.61 Å². The summed E-state index contributed by atoms with van der Waals surface area (Å²) in [7, 11) is 0. The van der Waals surface area contributed by atoms with Gasteiger partial charge in [0.1, 0.15) is 11.3 Å². The van der Waals surface area contributed by atoms with E-state index in [0.717, 1.165) is 6.42 Å². The number of rotatable bonds is 4. The summed E-state index contributed by atoms with van der Waals surface area (Å²) in [6.45, 7) is 1.87. The SMILES string of the molecule is CCCCOC(=O)c1c(O)cc(F)c(F)c1F. The van der Waals surface area contributed by atoms with Gasteiger partial charge in [-0.05, 0) is 6.42 Å². The number of hydrogen-bond acceptors (Lipinski definition) is 3. The van der Waals surface area contributed by atoms with Crippen LogP contribution in [-0.2, 0) is 4.74 Å². The number of ether oxygens (including phenoxy) is 1. The number of halogens is 3. The van der Waals surface area contributed by atoms with Crippen molar-refractivity contribution < 1.29 is 27.8 Å². The van der Waals surface area contributed by atoms with Crippen LogP contribution in [0.2, 0.25) is 0 Å². The Morgan fingerprint density at radius 2 is 2.00 bits per heavy atom. The average Bonchev–Trinajstić information content (AvgIpc) is 2.26. The van der Waals surface area contributed by atoms with E-state index >= 15 is 0 Å². The van der Waals surface area contributed by atoms with Crippen molar-refractivity contribution in [2.75, 3.05) is 6.61 Å². The van der Waals surface area contributed by atoms with Gasteiger partial charge in [-0.1, -0.05) is 13.3 Å². The fraction of sp³-hybridized carbons (Fsp3) is 0.364. The molecule has 3 nitrogen and oxygen atoms in total. The molecule has 0 heterocycles. The minimum Gasteiger partial charge on any atom is -0.507 e. The maximum atomic E-state index is 13.2. The van der Waals surface area contributed by atoms with Crippen molar-refractivity contribution in [1.29, 1.82) is 0 Å². The first-order valence-corrected chi connectivity index (χ1v) is 5.02. The van der Waals surface area contributed by atoms with E-state index in [0.29, 0.717) is 12.5 Å². The van der Waals surface area contributed by atoms with Crippen LogP contribution in [-0.4, -0.2) is 17.7 Å². The van der Waals surface area contributed by atoms with E-state index in [4.69, 9.17) is 0 Å². The second kappa shape index (κ2) is 5.56. The molecule has 1 N–H and O–H groups in total. The van der Waals surface area contributed by atoms with Crippen molar-refractivity contribution in [3.63, 3.8) is 0 Å². The molecule has 1 aromatic carbocycles. The van der Waals surface area contributed by atoms with Crippen molar-refractivity contribution in [2.24, 2.45) is 0 Å². The van der Waals surface area contributed by atoms with E-state index < -0.39 is 34.7 Å². The maximum absolute atomic E-state index is 13.2. The predicted octanol–water partition coefficient (Wildman–Crippen LogP) is 2.77. The first-order chi connectivity index (χ1) is 7.99. The van der Waals surface area contributed by atoms with Crippen LogP contribution in [0.3, 0.4) is 0 Å². The number of phenolic OH excluding ortho intramolecular Hbond substituents is 1. The van der Waals surface area contributed by atoms with Gasteiger partial charge in [-0.3, -0.25) is 0 Å². The van der Waals surface area contributed by atoms with Gasteiger partial charge in [0.05, 0.1) is 6.61 Å². The van der Waals surface area contributed by atoms with Crippen molar-refractivity contribution >= 4 is 5.97 Å². The van der Waals surface area contributed by atoms with Crippen LogP contribution in [0.15, 0.2) is 6.07 Å². The molecular formula is C11H11F3O3. The standard InChI is InChI=1S/C11H11F3O3/c1-2-3-4-17-11(16)8-7(15)5-6(12)9(13)10(8)14/h5,15H,2-4H2,1H3. The number of benzene rings is 1. The summed E-state index contributed by atoms with van der Waals surface area (Å²) in [4.78, 5) is 11.3. The highest BCUT2D eigenvalue weighted by atomic mass is 19.2. The molecule has 6 heteroatoms. The van der Waals surface area contributed by atoms with Crippen molar-refractivity contribution in [2.45, 2.75) is 19.8 Å². The third-order valence-electron chi connectivity index (χ3n) is 2.08. The molecule has 0 spiro atoms. The van der Waals surface area contributed by atoms with Crippen LogP contribution in [0.25, 0.3) is 0 Å². The van der Waals surface area contributed by atoms with Crippen LogP contribution < -0.4 is 0 Å². The molecule has 0 radical (unpaired) electrons. The molecule has 0 aliphatic heterocycles. The van der Waals surface area contributed by atoms with E-state index in [1.165, 1.54) is 0 Å². The Kier molecular flexibility index (Phi) is 4.37. The van der Waals surface area contributed by atoms with Gasteiger partial charge in [-0.25, -0.2) is 18.0 Å². The van der Waals surface area contributed by atoms with Gasteiger partial charge in [0, 0.05) is 6.07 Å². The number of esters is 1. The van der Waals surface area contributed by atoms with Crippen LogP contribution in [0, 0.1) is 17.5 Å². The number of carbonyl (C=O) groups is 1. The minimum atomic E-state index is -1.81. The summed E-state index contributed by atoms with van der Waals surface area (Å²) in [5.41, 5.74) is -0.986. The molecule has 0 atom stereocenters. The van der Waals surface area contributed by atoms with Crippen LogP contribution >= 0.6 is 0 Å². The summed E-state index contributed by atoms with van der Waals surface area (Å²) < 4.78 is 43.3. The second-order valence-corrected chi connectivity index (χ2v) is 3.37. The van der Waals surface area contributed by atoms with E-state index in [1.54, 1.807) is 0 Å². The van der Waals surface area contributed by atoms with E-state index in [2.05, 4.69) is 4.74 Å². The van der Waals surface area contributed by atoms with Crippen LogP contribution in [0.1, 0.15) is 30.1 Å². The molecule has 0 aliphatic carbocycles. The third kappa shape index (κ3) is 2.89. The summed E-state index contributed by atoms with van der Waals surface area (Å²) in [5.74, 6) is -7.32. The minimum absolute atomic E-state index is 0.0210. The Labute approximate surface area is 95.8 Å². The van der Waals surface area contributed by atoms with Crippen molar-refractivity contribution in [3.05, 3.63) is 29.1 Å². The molecule has 0 fully saturated rings. The molecule has 0 saturated heterocycles. The number of phenols is 1. The van der Waals surface area contributed by atoms with Crippen LogP contribution in [0.5, 0.6) is 5.75 Å². The molecule has 1 rings (SSSR count). The zero-order chi connectivity index (χ0) is 13.0. The smallest absolute Gasteiger partial charge is 0.345 e. The molecule has 17 heavy (non-hydrogen) atoms. The quantitative estimate of drug-likeness (QED) is 0.506. The van der Waals surface area contributed by atoms with E-state index in [9.17, 15) is 23.1 Å². The molecule has 94 valence electrons. The van der Waals surface area contributed by atoms with Gasteiger partial charge < -0.3 is 9.84 Å². The summed E-state index contributed by atoms with van der Waals surface area (Å²) >= 11 is 0. The van der Waals surface area contributed by atoms with Gasteiger partial charge in [-0.15, -0.1) is 0 Å². The van der Waals surface area contributed by atoms with Crippen molar-refractivity contribution in [3.8, 4) is 5.75 Å². The Morgan fingerprint density at radius 1 is 1.35 bits per heavy atom. The van der Waals surface area contributed by atoms with Crippen molar-refractivity contribution in [1.82, 2.24) is 0 Å². The Morgan fingerprint density at radius 3 is 2.59 bits per heavy atom. The summed E-state index contributed by atoms with van der Waals surface area (Å²) in [6, 6.07) is 0.328.